The molecule has 0 spiro atoms. The third kappa shape index (κ3) is 3.84. The van der Waals surface area contributed by atoms with Crippen molar-refractivity contribution >= 4 is 11.6 Å². The maximum atomic E-state index is 12.0. The van der Waals surface area contributed by atoms with E-state index in [0.717, 1.165) is 6.61 Å². The first-order valence-corrected chi connectivity index (χ1v) is 7.11. The van der Waals surface area contributed by atoms with Gasteiger partial charge < -0.3 is 19.9 Å². The quantitative estimate of drug-likeness (QED) is 0.802. The van der Waals surface area contributed by atoms with Gasteiger partial charge in [0, 0.05) is 5.69 Å². The number of hydrogen-bond acceptors (Lipinski definition) is 4. The summed E-state index contributed by atoms with van der Waals surface area (Å²) in [5, 5.41) is 12.8. The zero-order valence-corrected chi connectivity index (χ0v) is 11.9. The van der Waals surface area contributed by atoms with Gasteiger partial charge in [-0.05, 0) is 29.8 Å². The Morgan fingerprint density at radius 2 is 1.91 bits per heavy atom. The fraction of sp³-hybridized carbons (Fsp3) is 0.235. The minimum absolute atomic E-state index is 0.196. The van der Waals surface area contributed by atoms with E-state index in [4.69, 9.17) is 9.47 Å². The lowest BCUT2D eigenvalue weighted by molar-refractivity contribution is -0.124. The first kappa shape index (κ1) is 14.6. The molecule has 0 aliphatic carbocycles. The second-order valence-electron chi connectivity index (χ2n) is 5.09. The van der Waals surface area contributed by atoms with Gasteiger partial charge in [0.2, 0.25) is 0 Å². The Hall–Kier alpha value is -2.37. The van der Waals surface area contributed by atoms with Crippen LogP contribution >= 0.6 is 0 Å². The van der Waals surface area contributed by atoms with Gasteiger partial charge >= 0.3 is 0 Å². The molecule has 5 nitrogen and oxygen atoms in total. The van der Waals surface area contributed by atoms with Crippen molar-refractivity contribution in [1.82, 2.24) is 0 Å². The summed E-state index contributed by atoms with van der Waals surface area (Å²) in [6.07, 6.45) is -1.03. The molecule has 3 rings (SSSR count). The van der Waals surface area contributed by atoms with Crippen LogP contribution in [0.15, 0.2) is 54.6 Å². The normalized spacial score (nSPS) is 17.6. The van der Waals surface area contributed by atoms with Crippen LogP contribution in [0.3, 0.4) is 0 Å². The van der Waals surface area contributed by atoms with Gasteiger partial charge in [-0.25, -0.2) is 0 Å². The lowest BCUT2D eigenvalue weighted by Gasteiger charge is -2.12. The highest BCUT2D eigenvalue weighted by molar-refractivity contribution is 5.94. The molecule has 22 heavy (non-hydrogen) atoms. The Kier molecular flexibility index (Phi) is 4.37. The van der Waals surface area contributed by atoms with Crippen LogP contribution in [0.5, 0.6) is 5.75 Å². The number of amides is 1. The molecule has 2 atom stereocenters. The van der Waals surface area contributed by atoms with Crippen LogP contribution in [-0.4, -0.2) is 30.3 Å². The number of carbonyl (C=O) groups is 1. The van der Waals surface area contributed by atoms with E-state index in [9.17, 15) is 9.90 Å². The number of benzene rings is 2. The number of aliphatic hydroxyl groups is 1. The Balaban J connectivity index is 1.58. The van der Waals surface area contributed by atoms with Crippen LogP contribution in [0.1, 0.15) is 11.7 Å². The fourth-order valence-corrected chi connectivity index (χ4v) is 1.98. The summed E-state index contributed by atoms with van der Waals surface area (Å²) >= 11 is 0. The number of nitrogens with one attached hydrogen (secondary N) is 1. The van der Waals surface area contributed by atoms with Gasteiger partial charge in [-0.1, -0.05) is 30.3 Å². The maximum Gasteiger partial charge on any atom is 0.257 e. The summed E-state index contributed by atoms with van der Waals surface area (Å²) in [6, 6.07) is 15.8. The van der Waals surface area contributed by atoms with Crippen molar-refractivity contribution in [2.24, 2.45) is 0 Å². The van der Waals surface area contributed by atoms with Gasteiger partial charge in [0.15, 0.2) is 6.10 Å². The Bertz CT molecular complexity index is 623. The molecule has 114 valence electrons. The van der Waals surface area contributed by atoms with Gasteiger partial charge in [-0.3, -0.25) is 4.79 Å². The molecule has 2 aromatic carbocycles. The van der Waals surface area contributed by atoms with E-state index in [1.54, 1.807) is 36.4 Å². The first-order valence-electron chi connectivity index (χ1n) is 7.11. The van der Waals surface area contributed by atoms with E-state index in [-0.39, 0.29) is 6.10 Å². The zero-order valence-electron chi connectivity index (χ0n) is 11.9. The van der Waals surface area contributed by atoms with Gasteiger partial charge in [-0.15, -0.1) is 0 Å². The van der Waals surface area contributed by atoms with Crippen molar-refractivity contribution < 1.29 is 19.4 Å². The van der Waals surface area contributed by atoms with Gasteiger partial charge in [-0.2, -0.15) is 0 Å². The monoisotopic (exact) mass is 299 g/mol. The summed E-state index contributed by atoms with van der Waals surface area (Å²) in [5.41, 5.74) is 1.17. The number of para-hydroxylation sites is 1. The van der Waals surface area contributed by atoms with E-state index in [1.807, 2.05) is 18.2 Å². The fourth-order valence-electron chi connectivity index (χ4n) is 1.98. The zero-order chi connectivity index (χ0) is 15.4. The van der Waals surface area contributed by atoms with Crippen LogP contribution in [0.4, 0.5) is 5.69 Å². The predicted octanol–water partition coefficient (Wildman–Crippen LogP) is 2.14. The van der Waals surface area contributed by atoms with E-state index >= 15 is 0 Å². The largest absolute Gasteiger partial charge is 0.491 e. The maximum absolute atomic E-state index is 12.0. The molecule has 2 aromatic rings. The molecule has 1 amide bonds. The lowest BCUT2D eigenvalue weighted by Crippen LogP contribution is -2.20. The van der Waals surface area contributed by atoms with Crippen LogP contribution in [0.25, 0.3) is 0 Å². The van der Waals surface area contributed by atoms with Crippen molar-refractivity contribution in [3.8, 4) is 5.75 Å². The minimum Gasteiger partial charge on any atom is -0.491 e. The number of ether oxygens (including phenoxy) is 2. The second-order valence-corrected chi connectivity index (χ2v) is 5.09. The number of carbonyl (C=O) groups excluding carboxylic acids is 1. The summed E-state index contributed by atoms with van der Waals surface area (Å²) in [5.74, 6) is 0.223. The molecule has 0 aromatic heterocycles. The molecule has 2 unspecified atom stereocenters. The summed E-state index contributed by atoms with van der Waals surface area (Å²) in [7, 11) is 0. The van der Waals surface area contributed by atoms with Crippen LogP contribution in [-0.2, 0) is 9.53 Å². The van der Waals surface area contributed by atoms with Crippen molar-refractivity contribution in [1.29, 1.82) is 0 Å². The van der Waals surface area contributed by atoms with E-state index in [2.05, 4.69) is 5.32 Å². The van der Waals surface area contributed by atoms with Crippen LogP contribution in [0.2, 0.25) is 0 Å². The summed E-state index contributed by atoms with van der Waals surface area (Å²) < 4.78 is 10.6. The lowest BCUT2D eigenvalue weighted by atomic mass is 10.1. The molecule has 1 heterocycles. The first-order chi connectivity index (χ1) is 10.7. The van der Waals surface area contributed by atoms with E-state index < -0.39 is 12.0 Å². The number of anilines is 1. The second kappa shape index (κ2) is 6.60. The molecule has 0 saturated carbocycles. The Labute approximate surface area is 128 Å². The molecule has 1 saturated heterocycles. The highest BCUT2D eigenvalue weighted by atomic mass is 16.6. The molecular formula is C17H17NO4. The van der Waals surface area contributed by atoms with Crippen LogP contribution in [0, 0.1) is 0 Å². The average molecular weight is 299 g/mol. The molecule has 0 bridgehead atoms. The standard InChI is InChI=1S/C17H17NO4/c19-16(17(20)18-13-4-2-1-3-5-13)12-6-8-14(9-7-12)21-10-15-11-22-15/h1-9,15-16,19H,10-11H2,(H,18,20). The third-order valence-corrected chi connectivity index (χ3v) is 3.32. The molecule has 5 heteroatoms. The number of aliphatic hydroxyl groups excluding tert-OH is 1. The average Bonchev–Trinajstić information content (AvgIpc) is 3.38. The summed E-state index contributed by atoms with van der Waals surface area (Å²) in [4.78, 5) is 12.0. The molecule has 1 fully saturated rings. The van der Waals surface area contributed by atoms with E-state index in [0.29, 0.717) is 23.6 Å². The van der Waals surface area contributed by atoms with E-state index in [1.165, 1.54) is 0 Å². The molecular weight excluding hydrogens is 282 g/mol. The third-order valence-electron chi connectivity index (χ3n) is 3.32. The topological polar surface area (TPSA) is 71.1 Å². The number of hydrogen-bond donors (Lipinski definition) is 2. The van der Waals surface area contributed by atoms with Crippen molar-refractivity contribution in [3.63, 3.8) is 0 Å². The van der Waals surface area contributed by atoms with Gasteiger partial charge in [0.1, 0.15) is 18.5 Å². The smallest absolute Gasteiger partial charge is 0.257 e. The molecule has 1 aliphatic heterocycles. The minimum atomic E-state index is -1.22. The molecule has 0 radical (unpaired) electrons. The molecule has 2 N–H and O–H groups in total. The van der Waals surface area contributed by atoms with Gasteiger partial charge in [0.05, 0.1) is 6.61 Å². The SMILES string of the molecule is O=C(Nc1ccccc1)C(O)c1ccc(OCC2CO2)cc1. The predicted molar refractivity (Wildman–Crippen MR) is 81.7 cm³/mol. The Morgan fingerprint density at radius 1 is 1.23 bits per heavy atom. The highest BCUT2D eigenvalue weighted by Crippen LogP contribution is 2.20. The summed E-state index contributed by atoms with van der Waals surface area (Å²) in [6.45, 7) is 1.27. The number of epoxide rings is 1. The molecule has 1 aliphatic rings. The van der Waals surface area contributed by atoms with Crippen molar-refractivity contribution in [3.05, 3.63) is 60.2 Å². The Morgan fingerprint density at radius 3 is 2.55 bits per heavy atom. The van der Waals surface area contributed by atoms with Crippen molar-refractivity contribution in [2.45, 2.75) is 12.2 Å². The van der Waals surface area contributed by atoms with Crippen LogP contribution < -0.4 is 10.1 Å². The number of rotatable bonds is 6. The highest BCUT2D eigenvalue weighted by Gasteiger charge is 2.23. The van der Waals surface area contributed by atoms with Crippen molar-refractivity contribution in [2.75, 3.05) is 18.5 Å². The van der Waals surface area contributed by atoms with Gasteiger partial charge in [0.25, 0.3) is 5.91 Å².